The van der Waals surface area contributed by atoms with Crippen LogP contribution in [0.2, 0.25) is 0 Å². The van der Waals surface area contributed by atoms with Crippen molar-refractivity contribution < 1.29 is 19.4 Å². The van der Waals surface area contributed by atoms with Gasteiger partial charge in [-0.15, -0.1) is 0 Å². The number of hydrogen-bond donors (Lipinski definition) is 2. The molecule has 0 aromatic rings. The summed E-state index contributed by atoms with van der Waals surface area (Å²) in [5.41, 5.74) is -1.43. The van der Waals surface area contributed by atoms with Crippen LogP contribution < -0.4 is 5.32 Å². The molecule has 0 aromatic heterocycles. The smallest absolute Gasteiger partial charge is 0.321 e. The second-order valence-electron chi connectivity index (χ2n) is 6.04. The topological polar surface area (TPSA) is 75.6 Å². The van der Waals surface area contributed by atoms with E-state index in [9.17, 15) is 14.7 Å². The monoisotopic (exact) mass is 241 g/mol. The maximum absolute atomic E-state index is 12.2. The number of piperidine rings is 1. The van der Waals surface area contributed by atoms with E-state index in [0.717, 1.165) is 6.42 Å². The van der Waals surface area contributed by atoms with Gasteiger partial charge in [0, 0.05) is 6.04 Å². The summed E-state index contributed by atoms with van der Waals surface area (Å²) in [6.45, 7) is 5.39. The zero-order valence-electron chi connectivity index (χ0n) is 10.4. The highest BCUT2D eigenvalue weighted by Crippen LogP contribution is 2.48. The van der Waals surface area contributed by atoms with Gasteiger partial charge in [-0.05, 0) is 40.0 Å². The molecule has 5 nitrogen and oxygen atoms in total. The van der Waals surface area contributed by atoms with E-state index in [1.54, 1.807) is 20.8 Å². The zero-order chi connectivity index (χ0) is 12.8. The van der Waals surface area contributed by atoms with Gasteiger partial charge in [0.15, 0.2) is 0 Å². The standard InChI is InChI=1S/C12H19NO4/c1-11(2,3)17-10(16)12-5-4-7(6-12)13-8(12)9(14)15/h7-8,13H,4-6H2,1-3H3,(H,14,15). The molecular weight excluding hydrogens is 222 g/mol. The third kappa shape index (κ3) is 2.04. The number of carboxylic acid groups (broad SMARTS) is 1. The number of ether oxygens (including phenoxy) is 1. The van der Waals surface area contributed by atoms with Crippen LogP contribution in [0.15, 0.2) is 0 Å². The minimum Gasteiger partial charge on any atom is -0.480 e. The second kappa shape index (κ2) is 3.70. The molecule has 2 bridgehead atoms. The Morgan fingerprint density at radius 1 is 1.41 bits per heavy atom. The van der Waals surface area contributed by atoms with Crippen molar-refractivity contribution in [3.8, 4) is 0 Å². The number of carbonyl (C=O) groups excluding carboxylic acids is 1. The molecule has 1 saturated carbocycles. The Bertz CT molecular complexity index is 360. The van der Waals surface area contributed by atoms with Crippen LogP contribution in [0.25, 0.3) is 0 Å². The van der Waals surface area contributed by atoms with Gasteiger partial charge in [0.05, 0.1) is 5.41 Å². The molecule has 3 atom stereocenters. The molecule has 96 valence electrons. The Kier molecular flexibility index (Phi) is 2.69. The molecule has 2 rings (SSSR count). The van der Waals surface area contributed by atoms with Gasteiger partial charge in [-0.3, -0.25) is 9.59 Å². The Morgan fingerprint density at radius 2 is 2.06 bits per heavy atom. The van der Waals surface area contributed by atoms with Gasteiger partial charge in [0.2, 0.25) is 0 Å². The number of aliphatic carboxylic acids is 1. The van der Waals surface area contributed by atoms with Gasteiger partial charge in [-0.25, -0.2) is 0 Å². The molecule has 1 saturated heterocycles. The molecule has 2 aliphatic rings. The van der Waals surface area contributed by atoms with Crippen molar-refractivity contribution in [2.45, 2.75) is 57.7 Å². The Balaban J connectivity index is 2.21. The Morgan fingerprint density at radius 3 is 2.53 bits per heavy atom. The lowest BCUT2D eigenvalue weighted by atomic mass is 9.80. The van der Waals surface area contributed by atoms with Crippen molar-refractivity contribution >= 4 is 11.9 Å². The zero-order valence-corrected chi connectivity index (χ0v) is 10.4. The molecule has 1 heterocycles. The summed E-state index contributed by atoms with van der Waals surface area (Å²) in [6.07, 6.45) is 2.04. The lowest BCUT2D eigenvalue weighted by Crippen LogP contribution is -2.52. The maximum Gasteiger partial charge on any atom is 0.321 e. The average molecular weight is 241 g/mol. The van der Waals surface area contributed by atoms with E-state index in [0.29, 0.717) is 12.8 Å². The van der Waals surface area contributed by atoms with Crippen LogP contribution in [0.3, 0.4) is 0 Å². The Labute approximate surface area is 101 Å². The fraction of sp³-hybridized carbons (Fsp3) is 0.833. The highest BCUT2D eigenvalue weighted by Gasteiger charge is 2.61. The minimum absolute atomic E-state index is 0.142. The molecular formula is C12H19NO4. The molecule has 0 amide bonds. The van der Waals surface area contributed by atoms with Crippen LogP contribution in [0, 0.1) is 5.41 Å². The summed E-state index contributed by atoms with van der Waals surface area (Å²) in [6, 6.07) is -0.653. The second-order valence-corrected chi connectivity index (χ2v) is 6.04. The van der Waals surface area contributed by atoms with E-state index in [-0.39, 0.29) is 12.0 Å². The summed E-state index contributed by atoms with van der Waals surface area (Å²) in [7, 11) is 0. The highest BCUT2D eigenvalue weighted by molar-refractivity contribution is 5.88. The normalized spacial score (nSPS) is 35.9. The maximum atomic E-state index is 12.2. The quantitative estimate of drug-likeness (QED) is 0.703. The van der Waals surface area contributed by atoms with Crippen molar-refractivity contribution in [2.75, 3.05) is 0 Å². The van der Waals surface area contributed by atoms with Crippen molar-refractivity contribution in [1.29, 1.82) is 0 Å². The molecule has 1 aliphatic carbocycles. The molecule has 2 fully saturated rings. The molecule has 0 spiro atoms. The van der Waals surface area contributed by atoms with Gasteiger partial charge in [0.1, 0.15) is 11.6 Å². The number of rotatable bonds is 2. The first-order valence-corrected chi connectivity index (χ1v) is 5.97. The summed E-state index contributed by atoms with van der Waals surface area (Å²) >= 11 is 0. The molecule has 17 heavy (non-hydrogen) atoms. The lowest BCUT2D eigenvalue weighted by Gasteiger charge is -2.33. The summed E-state index contributed by atoms with van der Waals surface area (Å²) in [5, 5.41) is 12.2. The first-order valence-electron chi connectivity index (χ1n) is 5.97. The number of carboxylic acids is 1. The molecule has 1 aliphatic heterocycles. The average Bonchev–Trinajstić information content (AvgIpc) is 2.72. The fourth-order valence-electron chi connectivity index (χ4n) is 2.87. The van der Waals surface area contributed by atoms with E-state index < -0.39 is 23.0 Å². The number of carbonyl (C=O) groups is 2. The fourth-order valence-corrected chi connectivity index (χ4v) is 2.87. The number of esters is 1. The van der Waals surface area contributed by atoms with Crippen molar-refractivity contribution in [2.24, 2.45) is 5.41 Å². The van der Waals surface area contributed by atoms with Crippen LogP contribution in [-0.4, -0.2) is 34.7 Å². The molecule has 2 N–H and O–H groups in total. The predicted octanol–water partition coefficient (Wildman–Crippen LogP) is 0.923. The molecule has 3 unspecified atom stereocenters. The van der Waals surface area contributed by atoms with Crippen LogP contribution in [0.1, 0.15) is 40.0 Å². The minimum atomic E-state index is -0.960. The summed E-state index contributed by atoms with van der Waals surface area (Å²) in [4.78, 5) is 23.4. The van der Waals surface area contributed by atoms with Gasteiger partial charge < -0.3 is 15.2 Å². The summed E-state index contributed by atoms with van der Waals surface area (Å²) in [5.74, 6) is -1.33. The van der Waals surface area contributed by atoms with Gasteiger partial charge in [0.25, 0.3) is 0 Å². The van der Waals surface area contributed by atoms with Crippen LogP contribution >= 0.6 is 0 Å². The molecule has 5 heteroatoms. The first-order chi connectivity index (χ1) is 7.74. The Hall–Kier alpha value is -1.10. The molecule has 0 aromatic carbocycles. The van der Waals surface area contributed by atoms with Crippen LogP contribution in [0.5, 0.6) is 0 Å². The highest BCUT2D eigenvalue weighted by atomic mass is 16.6. The van der Waals surface area contributed by atoms with E-state index in [2.05, 4.69) is 5.32 Å². The SMILES string of the molecule is CC(C)(C)OC(=O)C12CCC(C1)NC2C(=O)O. The number of hydrogen-bond acceptors (Lipinski definition) is 4. The largest absolute Gasteiger partial charge is 0.480 e. The van der Waals surface area contributed by atoms with Gasteiger partial charge in [-0.2, -0.15) is 0 Å². The van der Waals surface area contributed by atoms with E-state index >= 15 is 0 Å². The van der Waals surface area contributed by atoms with Crippen molar-refractivity contribution in [1.82, 2.24) is 5.32 Å². The van der Waals surface area contributed by atoms with Gasteiger partial charge in [-0.1, -0.05) is 0 Å². The van der Waals surface area contributed by atoms with Crippen LogP contribution in [0.4, 0.5) is 0 Å². The summed E-state index contributed by atoms with van der Waals surface area (Å²) < 4.78 is 5.38. The van der Waals surface area contributed by atoms with Crippen molar-refractivity contribution in [3.05, 3.63) is 0 Å². The van der Waals surface area contributed by atoms with Crippen LogP contribution in [-0.2, 0) is 14.3 Å². The number of nitrogens with one attached hydrogen (secondary N) is 1. The van der Waals surface area contributed by atoms with E-state index in [1.165, 1.54) is 0 Å². The predicted molar refractivity (Wildman–Crippen MR) is 60.5 cm³/mol. The van der Waals surface area contributed by atoms with Gasteiger partial charge >= 0.3 is 11.9 Å². The third-order valence-electron chi connectivity index (χ3n) is 3.56. The molecule has 0 radical (unpaired) electrons. The number of fused-ring (bicyclic) bond motifs is 2. The lowest BCUT2D eigenvalue weighted by molar-refractivity contribution is -0.172. The van der Waals surface area contributed by atoms with Crippen molar-refractivity contribution in [3.63, 3.8) is 0 Å². The van der Waals surface area contributed by atoms with E-state index in [1.807, 2.05) is 0 Å². The third-order valence-corrected chi connectivity index (χ3v) is 3.56. The first kappa shape index (κ1) is 12.4. The van der Waals surface area contributed by atoms with E-state index in [4.69, 9.17) is 4.74 Å².